The van der Waals surface area contributed by atoms with E-state index >= 15 is 0 Å². The van der Waals surface area contributed by atoms with Crippen molar-refractivity contribution in [3.63, 3.8) is 0 Å². The van der Waals surface area contributed by atoms with E-state index in [0.29, 0.717) is 5.92 Å². The number of aryl methyl sites for hydroxylation is 1. The Morgan fingerprint density at radius 3 is 3.05 bits per heavy atom. The number of hydrogen-bond donors (Lipinski definition) is 0. The monoisotopic (exact) mass is 329 g/mol. The van der Waals surface area contributed by atoms with E-state index in [1.54, 1.807) is 10.9 Å². The van der Waals surface area contributed by atoms with Gasteiger partial charge >= 0.3 is 0 Å². The summed E-state index contributed by atoms with van der Waals surface area (Å²) in [6.45, 7) is 2.31. The van der Waals surface area contributed by atoms with Crippen molar-refractivity contribution in [2.45, 2.75) is 31.6 Å². The highest BCUT2D eigenvalue weighted by molar-refractivity contribution is 7.79. The molecule has 1 aromatic carbocycles. The van der Waals surface area contributed by atoms with Crippen LogP contribution in [0.25, 0.3) is 0 Å². The van der Waals surface area contributed by atoms with Crippen LogP contribution in [0.3, 0.4) is 0 Å². The highest BCUT2D eigenvalue weighted by atomic mass is 32.1. The third-order valence-electron chi connectivity index (χ3n) is 4.59. The standard InChI is InChI=1S/C19H23NS2/c1-20(10-9-18-6-3-11-22-18)13-17-5-2-4-16-12-15(14-21)7-8-19(16)17/h3,6-8,11-12,14,17H,2,4-5,9-10,13H2,1H3. The van der Waals surface area contributed by atoms with Gasteiger partial charge in [-0.1, -0.05) is 36.5 Å². The van der Waals surface area contributed by atoms with Crippen molar-refractivity contribution in [1.29, 1.82) is 0 Å². The molecule has 116 valence electrons. The zero-order chi connectivity index (χ0) is 15.4. The van der Waals surface area contributed by atoms with E-state index in [1.807, 2.05) is 11.3 Å². The van der Waals surface area contributed by atoms with Crippen molar-refractivity contribution < 1.29 is 0 Å². The van der Waals surface area contributed by atoms with Crippen LogP contribution in [-0.4, -0.2) is 30.4 Å². The van der Waals surface area contributed by atoms with Crippen molar-refractivity contribution in [2.24, 2.45) is 0 Å². The molecule has 0 radical (unpaired) electrons. The first kappa shape index (κ1) is 15.9. The van der Waals surface area contributed by atoms with Crippen molar-refractivity contribution in [1.82, 2.24) is 4.90 Å². The number of fused-ring (bicyclic) bond motifs is 1. The zero-order valence-electron chi connectivity index (χ0n) is 13.1. The molecule has 22 heavy (non-hydrogen) atoms. The number of rotatable bonds is 6. The highest BCUT2D eigenvalue weighted by Crippen LogP contribution is 2.32. The van der Waals surface area contributed by atoms with Crippen LogP contribution in [0, 0.1) is 0 Å². The summed E-state index contributed by atoms with van der Waals surface area (Å²) in [5.41, 5.74) is 4.25. The second-order valence-electron chi connectivity index (χ2n) is 6.26. The molecule has 3 rings (SSSR count). The number of benzene rings is 1. The SMILES string of the molecule is CN(CCc1cccs1)CC1CCCc2cc(C=S)ccc21. The lowest BCUT2D eigenvalue weighted by atomic mass is 9.82. The van der Waals surface area contributed by atoms with Crippen LogP contribution in [0.1, 0.15) is 40.3 Å². The van der Waals surface area contributed by atoms with Gasteiger partial charge in [0, 0.05) is 23.3 Å². The summed E-state index contributed by atoms with van der Waals surface area (Å²) in [7, 11) is 2.26. The van der Waals surface area contributed by atoms with Crippen LogP contribution in [0.4, 0.5) is 0 Å². The first-order chi connectivity index (χ1) is 10.8. The molecule has 1 aliphatic rings. The number of likely N-dealkylation sites (N-methyl/N-ethyl adjacent to an activating group) is 1. The molecule has 1 aromatic heterocycles. The lowest BCUT2D eigenvalue weighted by molar-refractivity contribution is 0.301. The molecule has 0 amide bonds. The average molecular weight is 330 g/mol. The van der Waals surface area contributed by atoms with E-state index in [0.717, 1.165) is 19.5 Å². The predicted octanol–water partition coefficient (Wildman–Crippen LogP) is 4.69. The quantitative estimate of drug-likeness (QED) is 0.707. The molecular weight excluding hydrogens is 306 g/mol. The molecule has 1 heterocycles. The summed E-state index contributed by atoms with van der Waals surface area (Å²) < 4.78 is 0. The Kier molecular flexibility index (Phi) is 5.40. The van der Waals surface area contributed by atoms with Crippen molar-refractivity contribution >= 4 is 28.9 Å². The van der Waals surface area contributed by atoms with Gasteiger partial charge in [0.15, 0.2) is 0 Å². The van der Waals surface area contributed by atoms with Crippen molar-refractivity contribution in [3.8, 4) is 0 Å². The first-order valence-electron chi connectivity index (χ1n) is 8.05. The van der Waals surface area contributed by atoms with E-state index in [4.69, 9.17) is 12.2 Å². The summed E-state index contributed by atoms with van der Waals surface area (Å²) in [4.78, 5) is 3.98. The second-order valence-corrected chi connectivity index (χ2v) is 7.52. The van der Waals surface area contributed by atoms with Crippen molar-refractivity contribution in [2.75, 3.05) is 20.1 Å². The van der Waals surface area contributed by atoms with Gasteiger partial charge in [-0.15, -0.1) is 11.3 Å². The summed E-state index contributed by atoms with van der Waals surface area (Å²) in [5.74, 6) is 0.677. The van der Waals surface area contributed by atoms with Gasteiger partial charge in [-0.25, -0.2) is 0 Å². The van der Waals surface area contributed by atoms with Crippen molar-refractivity contribution in [3.05, 3.63) is 57.3 Å². The minimum absolute atomic E-state index is 0.677. The Morgan fingerprint density at radius 2 is 2.27 bits per heavy atom. The normalized spacial score (nSPS) is 17.5. The fraction of sp³-hybridized carbons (Fsp3) is 0.421. The Balaban J connectivity index is 1.62. The summed E-state index contributed by atoms with van der Waals surface area (Å²) in [5, 5.41) is 3.96. The van der Waals surface area contributed by atoms with Crippen LogP contribution in [0.5, 0.6) is 0 Å². The molecule has 0 saturated heterocycles. The van der Waals surface area contributed by atoms with Gasteiger partial charge < -0.3 is 4.90 Å². The van der Waals surface area contributed by atoms with Gasteiger partial charge in [0.1, 0.15) is 0 Å². The summed E-state index contributed by atoms with van der Waals surface area (Å²) in [6.07, 6.45) is 4.99. The van der Waals surface area contributed by atoms with E-state index < -0.39 is 0 Å². The smallest absolute Gasteiger partial charge is 0.00862 e. The third kappa shape index (κ3) is 3.83. The highest BCUT2D eigenvalue weighted by Gasteiger charge is 2.21. The first-order valence-corrected chi connectivity index (χ1v) is 9.40. The summed E-state index contributed by atoms with van der Waals surface area (Å²) in [6, 6.07) is 11.2. The molecule has 3 heteroatoms. The lowest BCUT2D eigenvalue weighted by Crippen LogP contribution is -2.28. The number of nitrogens with zero attached hydrogens (tertiary/aromatic N) is 1. The van der Waals surface area contributed by atoms with Crippen LogP contribution < -0.4 is 0 Å². The van der Waals surface area contributed by atoms with Gasteiger partial charge in [0.25, 0.3) is 0 Å². The molecule has 0 aliphatic heterocycles. The maximum absolute atomic E-state index is 5.06. The maximum Gasteiger partial charge on any atom is 0.00862 e. The van der Waals surface area contributed by atoms with Crippen LogP contribution in [-0.2, 0) is 12.8 Å². The molecule has 0 saturated carbocycles. The molecule has 1 nitrogen and oxygen atoms in total. The molecular formula is C19H23NS2. The maximum atomic E-state index is 5.06. The minimum Gasteiger partial charge on any atom is -0.305 e. The lowest BCUT2D eigenvalue weighted by Gasteiger charge is -2.29. The Morgan fingerprint density at radius 1 is 1.36 bits per heavy atom. The Hall–Kier alpha value is -1.03. The average Bonchev–Trinajstić information content (AvgIpc) is 3.06. The molecule has 1 aliphatic carbocycles. The minimum atomic E-state index is 0.677. The van der Waals surface area contributed by atoms with Crippen LogP contribution >= 0.6 is 23.6 Å². The fourth-order valence-corrected chi connectivity index (χ4v) is 4.27. The van der Waals surface area contributed by atoms with Crippen LogP contribution in [0.15, 0.2) is 35.7 Å². The number of thiocarbonyl (C=S) groups is 1. The second kappa shape index (κ2) is 7.49. The molecule has 0 fully saturated rings. The zero-order valence-corrected chi connectivity index (χ0v) is 14.8. The largest absolute Gasteiger partial charge is 0.305 e. The van der Waals surface area contributed by atoms with E-state index in [9.17, 15) is 0 Å². The molecule has 0 spiro atoms. The number of thiophene rings is 1. The summed E-state index contributed by atoms with van der Waals surface area (Å²) >= 11 is 6.93. The molecule has 1 atom stereocenters. The van der Waals surface area contributed by atoms with E-state index in [1.165, 1.54) is 35.3 Å². The number of hydrogen-bond acceptors (Lipinski definition) is 3. The predicted molar refractivity (Wildman–Crippen MR) is 100 cm³/mol. The molecule has 0 N–H and O–H groups in total. The van der Waals surface area contributed by atoms with Gasteiger partial charge in [-0.2, -0.15) is 0 Å². The van der Waals surface area contributed by atoms with Gasteiger partial charge in [0.2, 0.25) is 0 Å². The molecule has 0 bridgehead atoms. The van der Waals surface area contributed by atoms with Gasteiger partial charge in [-0.05, 0) is 66.8 Å². The van der Waals surface area contributed by atoms with Crippen LogP contribution in [0.2, 0.25) is 0 Å². The Labute approximate surface area is 143 Å². The fourth-order valence-electron chi connectivity index (χ4n) is 3.42. The van der Waals surface area contributed by atoms with E-state index in [-0.39, 0.29) is 0 Å². The molecule has 1 unspecified atom stereocenters. The Bertz CT molecular complexity index is 618. The molecule has 2 aromatic rings. The third-order valence-corrected chi connectivity index (χ3v) is 5.80. The van der Waals surface area contributed by atoms with E-state index in [2.05, 4.69) is 47.7 Å². The topological polar surface area (TPSA) is 3.24 Å². The van der Waals surface area contributed by atoms with Gasteiger partial charge in [-0.3, -0.25) is 0 Å². The van der Waals surface area contributed by atoms with Gasteiger partial charge in [0.05, 0.1) is 0 Å².